The van der Waals surface area contributed by atoms with Gasteiger partial charge in [-0.05, 0) is 18.8 Å². The Balaban J connectivity index is 3.09. The van der Waals surface area contributed by atoms with Gasteiger partial charge < -0.3 is 5.11 Å². The van der Waals surface area contributed by atoms with E-state index in [4.69, 9.17) is 28.3 Å². The lowest BCUT2D eigenvalue weighted by molar-refractivity contribution is 0.277. The molecule has 0 heterocycles. The molecule has 0 aliphatic rings. The highest BCUT2D eigenvalue weighted by atomic mass is 35.5. The van der Waals surface area contributed by atoms with Crippen LogP contribution >= 0.6 is 23.2 Å². The molecule has 0 rings (SSSR count). The van der Waals surface area contributed by atoms with Crippen molar-refractivity contribution in [1.82, 2.24) is 0 Å². The van der Waals surface area contributed by atoms with Gasteiger partial charge in [-0.15, -0.1) is 23.2 Å². The third-order valence-electron chi connectivity index (χ3n) is 1.21. The normalized spacial score (nSPS) is 10.7. The van der Waals surface area contributed by atoms with Gasteiger partial charge in [0.15, 0.2) is 0 Å². The SMILES string of the molecule is OCCCC(CCl)CCl. The Morgan fingerprint density at radius 2 is 1.78 bits per heavy atom. The molecule has 0 saturated carbocycles. The highest BCUT2D eigenvalue weighted by molar-refractivity contribution is 6.20. The van der Waals surface area contributed by atoms with Crippen molar-refractivity contribution in [1.29, 1.82) is 0 Å². The number of hydrogen-bond donors (Lipinski definition) is 1. The molecule has 0 fully saturated rings. The largest absolute Gasteiger partial charge is 0.396 e. The molecule has 0 unspecified atom stereocenters. The minimum atomic E-state index is 0.240. The molecule has 0 amide bonds. The summed E-state index contributed by atoms with van der Waals surface area (Å²) in [5.74, 6) is 1.58. The van der Waals surface area contributed by atoms with Crippen molar-refractivity contribution in [3.8, 4) is 0 Å². The number of alkyl halides is 2. The van der Waals surface area contributed by atoms with Crippen molar-refractivity contribution < 1.29 is 5.11 Å². The molecule has 0 saturated heterocycles. The molecule has 0 bridgehead atoms. The monoisotopic (exact) mass is 170 g/mol. The smallest absolute Gasteiger partial charge is 0.0431 e. The molecule has 9 heavy (non-hydrogen) atoms. The summed E-state index contributed by atoms with van der Waals surface area (Å²) in [4.78, 5) is 0. The van der Waals surface area contributed by atoms with Crippen molar-refractivity contribution in [3.63, 3.8) is 0 Å². The average Bonchev–Trinajstić information content (AvgIpc) is 1.91. The van der Waals surface area contributed by atoms with Gasteiger partial charge in [-0.1, -0.05) is 0 Å². The molecule has 0 aliphatic heterocycles. The Hall–Kier alpha value is 0.540. The Morgan fingerprint density at radius 3 is 2.11 bits per heavy atom. The summed E-state index contributed by atoms with van der Waals surface area (Å²) in [5, 5.41) is 8.42. The second kappa shape index (κ2) is 6.66. The quantitative estimate of drug-likeness (QED) is 0.626. The fourth-order valence-electron chi connectivity index (χ4n) is 0.576. The van der Waals surface area contributed by atoms with Gasteiger partial charge in [-0.2, -0.15) is 0 Å². The summed E-state index contributed by atoms with van der Waals surface area (Å²) in [6.07, 6.45) is 1.74. The van der Waals surface area contributed by atoms with E-state index in [0.717, 1.165) is 12.8 Å². The molecular weight excluding hydrogens is 159 g/mol. The zero-order chi connectivity index (χ0) is 7.11. The lowest BCUT2D eigenvalue weighted by Crippen LogP contribution is -2.04. The van der Waals surface area contributed by atoms with Crippen molar-refractivity contribution in [2.45, 2.75) is 12.8 Å². The van der Waals surface area contributed by atoms with E-state index in [1.54, 1.807) is 0 Å². The van der Waals surface area contributed by atoms with Crippen molar-refractivity contribution in [2.75, 3.05) is 18.4 Å². The van der Waals surface area contributed by atoms with Crippen LogP contribution < -0.4 is 0 Å². The van der Waals surface area contributed by atoms with E-state index in [9.17, 15) is 0 Å². The molecule has 0 aliphatic carbocycles. The number of aliphatic hydroxyl groups is 1. The van der Waals surface area contributed by atoms with Crippen LogP contribution in [0.4, 0.5) is 0 Å². The van der Waals surface area contributed by atoms with Crippen LogP contribution in [-0.2, 0) is 0 Å². The van der Waals surface area contributed by atoms with E-state index in [1.165, 1.54) is 0 Å². The molecule has 0 spiro atoms. The first kappa shape index (κ1) is 9.54. The molecule has 0 aromatic carbocycles. The lowest BCUT2D eigenvalue weighted by atomic mass is 10.1. The lowest BCUT2D eigenvalue weighted by Gasteiger charge is -2.06. The predicted molar refractivity (Wildman–Crippen MR) is 41.2 cm³/mol. The molecule has 0 aromatic heterocycles. The van der Waals surface area contributed by atoms with Crippen LogP contribution in [0.15, 0.2) is 0 Å². The van der Waals surface area contributed by atoms with Crippen LogP contribution in [0.3, 0.4) is 0 Å². The Kier molecular flexibility index (Phi) is 7.06. The fraction of sp³-hybridized carbons (Fsp3) is 1.00. The number of halogens is 2. The first-order valence-electron chi connectivity index (χ1n) is 3.08. The van der Waals surface area contributed by atoms with Crippen LogP contribution in [0, 0.1) is 5.92 Å². The van der Waals surface area contributed by atoms with Gasteiger partial charge in [-0.3, -0.25) is 0 Å². The van der Waals surface area contributed by atoms with E-state index in [-0.39, 0.29) is 6.61 Å². The van der Waals surface area contributed by atoms with Gasteiger partial charge in [0, 0.05) is 18.4 Å². The van der Waals surface area contributed by atoms with Crippen LogP contribution in [0.25, 0.3) is 0 Å². The summed E-state index contributed by atoms with van der Waals surface area (Å²) >= 11 is 11.1. The van der Waals surface area contributed by atoms with Crippen molar-refractivity contribution >= 4 is 23.2 Å². The molecule has 0 atom stereocenters. The topological polar surface area (TPSA) is 20.2 Å². The van der Waals surface area contributed by atoms with E-state index in [1.807, 2.05) is 0 Å². The van der Waals surface area contributed by atoms with Crippen LogP contribution in [0.2, 0.25) is 0 Å². The van der Waals surface area contributed by atoms with E-state index >= 15 is 0 Å². The first-order chi connectivity index (χ1) is 4.35. The fourth-order valence-corrected chi connectivity index (χ4v) is 1.21. The average molecular weight is 171 g/mol. The molecule has 3 heteroatoms. The third kappa shape index (κ3) is 5.01. The molecule has 56 valence electrons. The summed E-state index contributed by atoms with van der Waals surface area (Å²) in [6, 6.07) is 0. The minimum Gasteiger partial charge on any atom is -0.396 e. The first-order valence-corrected chi connectivity index (χ1v) is 4.14. The molecular formula is C6H12Cl2O. The zero-order valence-electron chi connectivity index (χ0n) is 5.32. The summed E-state index contributed by atoms with van der Waals surface area (Å²) < 4.78 is 0. The summed E-state index contributed by atoms with van der Waals surface area (Å²) in [5.41, 5.74) is 0. The van der Waals surface area contributed by atoms with Gasteiger partial charge in [0.1, 0.15) is 0 Å². The second-order valence-corrected chi connectivity index (χ2v) is 2.66. The maximum absolute atomic E-state index is 8.42. The maximum atomic E-state index is 8.42. The molecule has 0 radical (unpaired) electrons. The van der Waals surface area contributed by atoms with E-state index in [0.29, 0.717) is 17.7 Å². The molecule has 1 N–H and O–H groups in total. The van der Waals surface area contributed by atoms with Gasteiger partial charge >= 0.3 is 0 Å². The summed E-state index contributed by atoms with van der Waals surface area (Å²) in [7, 11) is 0. The van der Waals surface area contributed by atoms with Crippen LogP contribution in [0.1, 0.15) is 12.8 Å². The number of rotatable bonds is 5. The predicted octanol–water partition coefficient (Wildman–Crippen LogP) is 1.85. The Morgan fingerprint density at radius 1 is 1.22 bits per heavy atom. The summed E-state index contributed by atoms with van der Waals surface area (Å²) in [6.45, 7) is 0.240. The number of aliphatic hydroxyl groups excluding tert-OH is 1. The van der Waals surface area contributed by atoms with Crippen LogP contribution in [0.5, 0.6) is 0 Å². The second-order valence-electron chi connectivity index (χ2n) is 2.04. The Labute approximate surface area is 66.0 Å². The Bertz CT molecular complexity index is 55.0. The molecule has 1 nitrogen and oxygen atoms in total. The van der Waals surface area contributed by atoms with Gasteiger partial charge in [-0.25, -0.2) is 0 Å². The minimum absolute atomic E-state index is 0.240. The van der Waals surface area contributed by atoms with Crippen molar-refractivity contribution in [3.05, 3.63) is 0 Å². The standard InChI is InChI=1S/C6H12Cl2O/c7-4-6(5-8)2-1-3-9/h6,9H,1-5H2. The highest BCUT2D eigenvalue weighted by Crippen LogP contribution is 2.09. The van der Waals surface area contributed by atoms with E-state index < -0.39 is 0 Å². The number of hydrogen-bond acceptors (Lipinski definition) is 1. The maximum Gasteiger partial charge on any atom is 0.0431 e. The van der Waals surface area contributed by atoms with Gasteiger partial charge in [0.25, 0.3) is 0 Å². The highest BCUT2D eigenvalue weighted by Gasteiger charge is 2.03. The zero-order valence-corrected chi connectivity index (χ0v) is 6.83. The van der Waals surface area contributed by atoms with Gasteiger partial charge in [0.05, 0.1) is 0 Å². The molecule has 0 aromatic rings. The van der Waals surface area contributed by atoms with Gasteiger partial charge in [0.2, 0.25) is 0 Å². The van der Waals surface area contributed by atoms with E-state index in [2.05, 4.69) is 0 Å². The third-order valence-corrected chi connectivity index (χ3v) is 2.08. The van der Waals surface area contributed by atoms with Crippen molar-refractivity contribution in [2.24, 2.45) is 5.92 Å². The van der Waals surface area contributed by atoms with Crippen LogP contribution in [-0.4, -0.2) is 23.5 Å².